The molecule has 2 heterocycles. The summed E-state index contributed by atoms with van der Waals surface area (Å²) in [7, 11) is 0. The molecule has 1 aliphatic heterocycles. The molecule has 3 nitrogen and oxygen atoms in total. The van der Waals surface area contributed by atoms with Crippen LogP contribution in [0.15, 0.2) is 0 Å². The molecule has 0 amide bonds. The lowest BCUT2D eigenvalue weighted by Crippen LogP contribution is -2.25. The predicted octanol–water partition coefficient (Wildman–Crippen LogP) is 1.91. The van der Waals surface area contributed by atoms with Gasteiger partial charge in [0.25, 0.3) is 0 Å². The Hall–Kier alpha value is -0.700. The third-order valence-corrected chi connectivity index (χ3v) is 2.61. The number of anilines is 1. The van der Waals surface area contributed by atoms with Crippen molar-refractivity contribution in [2.75, 3.05) is 11.9 Å². The highest BCUT2D eigenvalue weighted by Gasteiger charge is 2.19. The minimum absolute atomic E-state index is 0.632. The van der Waals surface area contributed by atoms with Crippen LogP contribution in [0.5, 0.6) is 0 Å². The lowest BCUT2D eigenvalue weighted by Gasteiger charge is -2.21. The highest BCUT2D eigenvalue weighted by Crippen LogP contribution is 2.28. The number of rotatable bonds is 0. The molecule has 0 fully saturated rings. The Morgan fingerprint density at radius 1 is 1.67 bits per heavy atom. The Balaban J connectivity index is 2.43. The zero-order valence-electron chi connectivity index (χ0n) is 7.26. The number of aromatic nitrogens is 2. The first-order chi connectivity index (χ1) is 5.68. The van der Waals surface area contributed by atoms with Crippen molar-refractivity contribution < 1.29 is 0 Å². The van der Waals surface area contributed by atoms with Gasteiger partial charge in [-0.05, 0) is 12.8 Å². The Kier molecular flexibility index (Phi) is 1.76. The number of hydrogen-bond donors (Lipinski definition) is 1. The van der Waals surface area contributed by atoms with Crippen LogP contribution in [0.4, 0.5) is 5.82 Å². The van der Waals surface area contributed by atoms with E-state index in [-0.39, 0.29) is 0 Å². The van der Waals surface area contributed by atoms with Gasteiger partial charge in [-0.15, -0.1) is 0 Å². The molecule has 1 aromatic heterocycles. The van der Waals surface area contributed by atoms with Crippen molar-refractivity contribution >= 4 is 17.4 Å². The first-order valence-corrected chi connectivity index (χ1v) is 4.53. The van der Waals surface area contributed by atoms with E-state index in [0.717, 1.165) is 29.6 Å². The first kappa shape index (κ1) is 7.92. The topological polar surface area (TPSA) is 29.9 Å². The zero-order chi connectivity index (χ0) is 8.72. The smallest absolute Gasteiger partial charge is 0.143 e. The number of aryl methyl sites for hydroxylation is 1. The Labute approximate surface area is 76.7 Å². The van der Waals surface area contributed by atoms with Crippen molar-refractivity contribution in [3.05, 3.63) is 10.7 Å². The molecular weight excluding hydrogens is 174 g/mol. The lowest BCUT2D eigenvalue weighted by atomic mass is 10.1. The molecule has 66 valence electrons. The minimum atomic E-state index is 0.632. The van der Waals surface area contributed by atoms with Crippen LogP contribution in [0.1, 0.15) is 12.6 Å². The third-order valence-electron chi connectivity index (χ3n) is 2.16. The summed E-state index contributed by atoms with van der Waals surface area (Å²) in [6.07, 6.45) is 0. The van der Waals surface area contributed by atoms with Gasteiger partial charge in [0.1, 0.15) is 10.8 Å². The summed E-state index contributed by atoms with van der Waals surface area (Å²) in [5.41, 5.74) is 0.910. The van der Waals surface area contributed by atoms with Crippen molar-refractivity contribution in [1.29, 1.82) is 0 Å². The van der Waals surface area contributed by atoms with Gasteiger partial charge in [-0.25, -0.2) is 4.68 Å². The summed E-state index contributed by atoms with van der Waals surface area (Å²) >= 11 is 6.03. The highest BCUT2D eigenvalue weighted by atomic mass is 35.5. The van der Waals surface area contributed by atoms with E-state index in [1.807, 2.05) is 11.6 Å². The van der Waals surface area contributed by atoms with Gasteiger partial charge in [-0.2, -0.15) is 5.10 Å². The van der Waals surface area contributed by atoms with E-state index in [4.69, 9.17) is 11.6 Å². The second kappa shape index (κ2) is 2.66. The van der Waals surface area contributed by atoms with Gasteiger partial charge in [0.2, 0.25) is 0 Å². The summed E-state index contributed by atoms with van der Waals surface area (Å²) in [5.74, 6) is 1.61. The van der Waals surface area contributed by atoms with E-state index >= 15 is 0 Å². The maximum Gasteiger partial charge on any atom is 0.143 e. The molecule has 0 aromatic carbocycles. The van der Waals surface area contributed by atoms with Gasteiger partial charge in [-0.3, -0.25) is 0 Å². The average Bonchev–Trinajstić information content (AvgIpc) is 2.28. The molecule has 2 rings (SSSR count). The molecule has 1 unspecified atom stereocenters. The molecule has 0 bridgehead atoms. The lowest BCUT2D eigenvalue weighted by molar-refractivity contribution is 0.444. The predicted molar refractivity (Wildman–Crippen MR) is 49.6 cm³/mol. The fraction of sp³-hybridized carbons (Fsp3) is 0.625. The van der Waals surface area contributed by atoms with Crippen LogP contribution in [-0.4, -0.2) is 16.3 Å². The molecule has 0 saturated carbocycles. The van der Waals surface area contributed by atoms with Crippen molar-refractivity contribution in [1.82, 2.24) is 9.78 Å². The van der Waals surface area contributed by atoms with Crippen LogP contribution in [0.25, 0.3) is 0 Å². The van der Waals surface area contributed by atoms with Gasteiger partial charge in [0, 0.05) is 13.1 Å². The fourth-order valence-corrected chi connectivity index (χ4v) is 1.69. The number of nitrogens with zero attached hydrogens (tertiary/aromatic N) is 2. The van der Waals surface area contributed by atoms with Crippen molar-refractivity contribution in [3.8, 4) is 0 Å². The van der Waals surface area contributed by atoms with Gasteiger partial charge in [0.05, 0.1) is 5.69 Å². The molecule has 1 N–H and O–H groups in total. The van der Waals surface area contributed by atoms with Crippen LogP contribution in [0.3, 0.4) is 0 Å². The summed E-state index contributed by atoms with van der Waals surface area (Å²) in [4.78, 5) is 0. The number of halogens is 1. The van der Waals surface area contributed by atoms with Crippen LogP contribution in [0.2, 0.25) is 5.02 Å². The SMILES string of the molecule is Cc1nn2c(c1Cl)NCC(C)C2. The van der Waals surface area contributed by atoms with E-state index in [1.54, 1.807) is 0 Å². The monoisotopic (exact) mass is 185 g/mol. The van der Waals surface area contributed by atoms with Gasteiger partial charge in [-0.1, -0.05) is 18.5 Å². The Morgan fingerprint density at radius 3 is 3.17 bits per heavy atom. The molecule has 0 spiro atoms. The Bertz CT molecular complexity index is 305. The van der Waals surface area contributed by atoms with Crippen molar-refractivity contribution in [3.63, 3.8) is 0 Å². The van der Waals surface area contributed by atoms with Crippen LogP contribution in [-0.2, 0) is 6.54 Å². The Morgan fingerprint density at radius 2 is 2.42 bits per heavy atom. The zero-order valence-corrected chi connectivity index (χ0v) is 8.02. The van der Waals surface area contributed by atoms with Crippen LogP contribution >= 0.6 is 11.6 Å². The average molecular weight is 186 g/mol. The van der Waals surface area contributed by atoms with Gasteiger partial charge >= 0.3 is 0 Å². The largest absolute Gasteiger partial charge is 0.369 e. The third kappa shape index (κ3) is 1.08. The number of hydrogen-bond acceptors (Lipinski definition) is 2. The molecule has 12 heavy (non-hydrogen) atoms. The maximum absolute atomic E-state index is 6.03. The second-order valence-corrected chi connectivity index (χ2v) is 3.79. The molecule has 0 saturated heterocycles. The van der Waals surface area contributed by atoms with E-state index in [0.29, 0.717) is 5.92 Å². The number of fused-ring (bicyclic) bond motifs is 1. The molecule has 0 radical (unpaired) electrons. The summed E-state index contributed by atoms with van der Waals surface area (Å²) in [5, 5.41) is 8.36. The van der Waals surface area contributed by atoms with E-state index < -0.39 is 0 Å². The molecule has 1 aromatic rings. The normalized spacial score (nSPS) is 21.8. The second-order valence-electron chi connectivity index (χ2n) is 3.42. The van der Waals surface area contributed by atoms with Crippen molar-refractivity contribution in [2.24, 2.45) is 5.92 Å². The first-order valence-electron chi connectivity index (χ1n) is 4.15. The maximum atomic E-state index is 6.03. The molecule has 1 atom stereocenters. The molecule has 4 heteroatoms. The van der Waals surface area contributed by atoms with Crippen LogP contribution < -0.4 is 5.32 Å². The fourth-order valence-electron chi connectivity index (χ4n) is 1.49. The van der Waals surface area contributed by atoms with Crippen LogP contribution in [0, 0.1) is 12.8 Å². The molecular formula is C8H12ClN3. The van der Waals surface area contributed by atoms with Gasteiger partial charge < -0.3 is 5.32 Å². The molecule has 0 aliphatic carbocycles. The summed E-state index contributed by atoms with van der Waals surface area (Å²) < 4.78 is 1.95. The molecule has 1 aliphatic rings. The van der Waals surface area contributed by atoms with Crippen molar-refractivity contribution in [2.45, 2.75) is 20.4 Å². The minimum Gasteiger partial charge on any atom is -0.369 e. The summed E-state index contributed by atoms with van der Waals surface area (Å²) in [6.45, 7) is 6.08. The van der Waals surface area contributed by atoms with E-state index in [1.165, 1.54) is 0 Å². The van der Waals surface area contributed by atoms with Gasteiger partial charge in [0.15, 0.2) is 0 Å². The van der Waals surface area contributed by atoms with E-state index in [9.17, 15) is 0 Å². The quantitative estimate of drug-likeness (QED) is 0.669. The highest BCUT2D eigenvalue weighted by molar-refractivity contribution is 6.33. The standard InChI is InChI=1S/C8H12ClN3/c1-5-3-10-8-7(9)6(2)11-12(8)4-5/h5,10H,3-4H2,1-2H3. The number of nitrogens with one attached hydrogen (secondary N) is 1. The van der Waals surface area contributed by atoms with E-state index in [2.05, 4.69) is 17.3 Å². The summed E-state index contributed by atoms with van der Waals surface area (Å²) in [6, 6.07) is 0.